The Balaban J connectivity index is 1.27. The Morgan fingerprint density at radius 1 is 1.12 bits per heavy atom. The number of hydrogen-bond acceptors (Lipinski definition) is 7. The lowest BCUT2D eigenvalue weighted by molar-refractivity contribution is 0.0623. The van der Waals surface area contributed by atoms with Gasteiger partial charge in [-0.1, -0.05) is 12.1 Å². The van der Waals surface area contributed by atoms with Crippen molar-refractivity contribution < 1.29 is 4.74 Å². The third-order valence-corrected chi connectivity index (χ3v) is 4.62. The molecule has 0 aliphatic carbocycles. The number of anilines is 2. The first-order valence-corrected chi connectivity index (χ1v) is 8.88. The molecule has 2 aliphatic heterocycles. The van der Waals surface area contributed by atoms with Crippen molar-refractivity contribution in [2.24, 2.45) is 9.98 Å². The third-order valence-electron chi connectivity index (χ3n) is 4.62. The van der Waals surface area contributed by atoms with Gasteiger partial charge in [0, 0.05) is 31.2 Å². The molecule has 134 valence electrons. The number of rotatable bonds is 5. The highest BCUT2D eigenvalue weighted by Gasteiger charge is 2.22. The summed E-state index contributed by atoms with van der Waals surface area (Å²) >= 11 is 0. The molecular formula is C19H22N6O. The van der Waals surface area contributed by atoms with E-state index >= 15 is 0 Å². The fourth-order valence-electron chi connectivity index (χ4n) is 3.21. The highest BCUT2D eigenvalue weighted by atomic mass is 16.5. The fourth-order valence-corrected chi connectivity index (χ4v) is 3.21. The maximum Gasteiger partial charge on any atom is 0.225 e. The number of benzene rings is 1. The number of hydrogen-bond donors (Lipinski definition) is 1. The number of aromatic nitrogens is 2. The first-order valence-electron chi connectivity index (χ1n) is 8.88. The van der Waals surface area contributed by atoms with Crippen LogP contribution in [0.25, 0.3) is 0 Å². The third kappa shape index (κ3) is 3.88. The van der Waals surface area contributed by atoms with Crippen LogP contribution in [0.2, 0.25) is 0 Å². The first kappa shape index (κ1) is 16.7. The minimum absolute atomic E-state index is 0.226. The Kier molecular flexibility index (Phi) is 4.88. The van der Waals surface area contributed by atoms with E-state index in [4.69, 9.17) is 10.5 Å². The van der Waals surface area contributed by atoms with Gasteiger partial charge in [0.1, 0.15) is 12.4 Å². The lowest BCUT2D eigenvalue weighted by Gasteiger charge is -2.31. The van der Waals surface area contributed by atoms with Crippen LogP contribution in [0.4, 0.5) is 11.6 Å². The SMILES string of the molecule is Nc1cccc(C2=NC(COC3CCN(c4ncccn4)CC3)=NC2)c1. The van der Waals surface area contributed by atoms with Crippen molar-refractivity contribution in [3.8, 4) is 0 Å². The summed E-state index contributed by atoms with van der Waals surface area (Å²) in [6.45, 7) is 2.85. The summed E-state index contributed by atoms with van der Waals surface area (Å²) in [7, 11) is 0. The predicted octanol–water partition coefficient (Wildman–Crippen LogP) is 1.95. The van der Waals surface area contributed by atoms with Crippen molar-refractivity contribution in [3.63, 3.8) is 0 Å². The topological polar surface area (TPSA) is 89.0 Å². The highest BCUT2D eigenvalue weighted by Crippen LogP contribution is 2.18. The molecule has 0 radical (unpaired) electrons. The van der Waals surface area contributed by atoms with Gasteiger partial charge < -0.3 is 15.4 Å². The van der Waals surface area contributed by atoms with Crippen molar-refractivity contribution in [2.45, 2.75) is 18.9 Å². The van der Waals surface area contributed by atoms with Gasteiger partial charge in [-0.05, 0) is 36.6 Å². The Morgan fingerprint density at radius 2 is 1.92 bits per heavy atom. The van der Waals surface area contributed by atoms with Gasteiger partial charge in [-0.25, -0.2) is 15.0 Å². The first-order chi connectivity index (χ1) is 12.8. The Bertz CT molecular complexity index is 812. The summed E-state index contributed by atoms with van der Waals surface area (Å²) < 4.78 is 6.03. The smallest absolute Gasteiger partial charge is 0.225 e. The fraction of sp³-hybridized carbons (Fsp3) is 0.368. The van der Waals surface area contributed by atoms with Crippen molar-refractivity contribution in [2.75, 3.05) is 36.9 Å². The number of amidine groups is 1. The van der Waals surface area contributed by atoms with Gasteiger partial charge in [0.2, 0.25) is 5.95 Å². The Morgan fingerprint density at radius 3 is 2.69 bits per heavy atom. The average Bonchev–Trinajstić information content (AvgIpc) is 3.17. The van der Waals surface area contributed by atoms with Crippen LogP contribution in [0.3, 0.4) is 0 Å². The standard InChI is InChI=1S/C19H22N6O/c20-15-4-1-3-14(11-15)17-12-23-18(24-17)13-26-16-5-9-25(10-6-16)19-21-7-2-8-22-19/h1-4,7-8,11,16H,5-6,9-10,12-13,20H2. The minimum Gasteiger partial charge on any atom is -0.399 e. The molecule has 4 rings (SSSR count). The zero-order chi connectivity index (χ0) is 17.8. The molecule has 0 spiro atoms. The van der Waals surface area contributed by atoms with Gasteiger partial charge in [0.25, 0.3) is 0 Å². The van der Waals surface area contributed by atoms with Crippen LogP contribution in [0, 0.1) is 0 Å². The second-order valence-corrected chi connectivity index (χ2v) is 6.46. The number of piperidine rings is 1. The molecule has 0 atom stereocenters. The zero-order valence-electron chi connectivity index (χ0n) is 14.6. The second kappa shape index (κ2) is 7.61. The van der Waals surface area contributed by atoms with Gasteiger partial charge >= 0.3 is 0 Å². The number of nitrogens with zero attached hydrogens (tertiary/aromatic N) is 5. The minimum atomic E-state index is 0.226. The number of nitrogen functional groups attached to an aromatic ring is 1. The Labute approximate surface area is 152 Å². The molecule has 1 aromatic heterocycles. The zero-order valence-corrected chi connectivity index (χ0v) is 14.6. The molecule has 26 heavy (non-hydrogen) atoms. The molecule has 7 heteroatoms. The molecule has 2 aromatic rings. The second-order valence-electron chi connectivity index (χ2n) is 6.46. The molecule has 2 N–H and O–H groups in total. The van der Waals surface area contributed by atoms with Crippen LogP contribution in [0.15, 0.2) is 52.7 Å². The lowest BCUT2D eigenvalue weighted by atomic mass is 10.1. The lowest BCUT2D eigenvalue weighted by Crippen LogP contribution is -2.38. The highest BCUT2D eigenvalue weighted by molar-refractivity contribution is 6.13. The van der Waals surface area contributed by atoms with E-state index in [1.54, 1.807) is 12.4 Å². The number of aliphatic imine (C=N–C) groups is 2. The van der Waals surface area contributed by atoms with Crippen LogP contribution >= 0.6 is 0 Å². The summed E-state index contributed by atoms with van der Waals surface area (Å²) in [5, 5.41) is 0. The predicted molar refractivity (Wildman–Crippen MR) is 103 cm³/mol. The quantitative estimate of drug-likeness (QED) is 0.833. The summed E-state index contributed by atoms with van der Waals surface area (Å²) in [6, 6.07) is 9.58. The monoisotopic (exact) mass is 350 g/mol. The maximum absolute atomic E-state index is 6.03. The van der Waals surface area contributed by atoms with Gasteiger partial charge in [-0.15, -0.1) is 0 Å². The molecule has 0 saturated carbocycles. The van der Waals surface area contributed by atoms with E-state index in [2.05, 4.69) is 24.9 Å². The van der Waals surface area contributed by atoms with Crippen LogP contribution < -0.4 is 10.6 Å². The molecule has 1 aromatic carbocycles. The van der Waals surface area contributed by atoms with E-state index in [1.165, 1.54) is 0 Å². The van der Waals surface area contributed by atoms with Crippen molar-refractivity contribution in [3.05, 3.63) is 48.3 Å². The van der Waals surface area contributed by atoms with Crippen molar-refractivity contribution >= 4 is 23.2 Å². The van der Waals surface area contributed by atoms with Gasteiger partial charge in [0.15, 0.2) is 0 Å². The van der Waals surface area contributed by atoms with Crippen molar-refractivity contribution in [1.82, 2.24) is 9.97 Å². The van der Waals surface area contributed by atoms with E-state index in [1.807, 2.05) is 30.3 Å². The maximum atomic E-state index is 6.03. The van der Waals surface area contributed by atoms with Crippen LogP contribution in [-0.2, 0) is 4.74 Å². The van der Waals surface area contributed by atoms with E-state index in [0.717, 1.165) is 54.7 Å². The van der Waals surface area contributed by atoms with Gasteiger partial charge in [-0.3, -0.25) is 4.99 Å². The van der Waals surface area contributed by atoms with Crippen LogP contribution in [-0.4, -0.2) is 53.9 Å². The van der Waals surface area contributed by atoms with E-state index < -0.39 is 0 Å². The molecule has 0 unspecified atom stereocenters. The molecule has 1 saturated heterocycles. The molecule has 3 heterocycles. The summed E-state index contributed by atoms with van der Waals surface area (Å²) in [4.78, 5) is 19.9. The van der Waals surface area contributed by atoms with E-state index in [-0.39, 0.29) is 6.10 Å². The van der Waals surface area contributed by atoms with Crippen molar-refractivity contribution in [1.29, 1.82) is 0 Å². The molecule has 7 nitrogen and oxygen atoms in total. The number of ether oxygens (including phenoxy) is 1. The molecular weight excluding hydrogens is 328 g/mol. The normalized spacial score (nSPS) is 17.9. The Hall–Kier alpha value is -2.80. The summed E-state index contributed by atoms with van der Waals surface area (Å²) in [5.74, 6) is 1.55. The molecule has 1 fully saturated rings. The average molecular weight is 350 g/mol. The molecule has 2 aliphatic rings. The van der Waals surface area contributed by atoms with Crippen LogP contribution in [0.1, 0.15) is 18.4 Å². The van der Waals surface area contributed by atoms with Gasteiger partial charge in [0.05, 0.1) is 18.4 Å². The summed E-state index contributed by atoms with van der Waals surface area (Å²) in [5.41, 5.74) is 8.56. The van der Waals surface area contributed by atoms with E-state index in [9.17, 15) is 0 Å². The molecule has 0 bridgehead atoms. The van der Waals surface area contributed by atoms with E-state index in [0.29, 0.717) is 13.2 Å². The largest absolute Gasteiger partial charge is 0.399 e. The molecule has 0 amide bonds. The summed E-state index contributed by atoms with van der Waals surface area (Å²) in [6.07, 6.45) is 5.69. The van der Waals surface area contributed by atoms with Crippen LogP contribution in [0.5, 0.6) is 0 Å². The number of nitrogens with two attached hydrogens (primary N) is 1. The van der Waals surface area contributed by atoms with Gasteiger partial charge in [-0.2, -0.15) is 0 Å².